The molecule has 1 aromatic rings. The number of carbonyl (C=O) groups is 2. The molecule has 3 N–H and O–H groups in total. The number of aliphatic hydroxyl groups is 1. The fraction of sp³-hybridized carbons (Fsp3) is 0.200. The molecule has 1 atom stereocenters. The first-order valence-electron chi connectivity index (χ1n) is 4.45. The first kappa shape index (κ1) is 12.1. The molecule has 0 bridgehead atoms. The van der Waals surface area contributed by atoms with Gasteiger partial charge in [0.1, 0.15) is 5.82 Å². The first-order valence-corrected chi connectivity index (χ1v) is 4.45. The highest BCUT2D eigenvalue weighted by atomic mass is 19.1. The van der Waals surface area contributed by atoms with Crippen LogP contribution >= 0.6 is 0 Å². The van der Waals surface area contributed by atoms with E-state index in [9.17, 15) is 14.0 Å². The van der Waals surface area contributed by atoms with E-state index >= 15 is 0 Å². The van der Waals surface area contributed by atoms with E-state index in [4.69, 9.17) is 10.2 Å². The Morgan fingerprint density at radius 3 is 2.69 bits per heavy atom. The highest BCUT2D eigenvalue weighted by molar-refractivity contribution is 5.94. The van der Waals surface area contributed by atoms with Crippen LogP contribution in [0.25, 0.3) is 0 Å². The molecule has 1 rings (SSSR count). The Bertz CT molecular complexity index is 408. The van der Waals surface area contributed by atoms with Gasteiger partial charge in [0.2, 0.25) is 0 Å². The number of rotatable bonds is 4. The van der Waals surface area contributed by atoms with Gasteiger partial charge in [-0.05, 0) is 18.2 Å². The predicted molar refractivity (Wildman–Crippen MR) is 52.4 cm³/mol. The van der Waals surface area contributed by atoms with Crippen LogP contribution in [0.5, 0.6) is 0 Å². The number of hydrogen-bond acceptors (Lipinski definition) is 3. The Labute approximate surface area is 90.5 Å². The number of amides is 1. The molecular weight excluding hydrogens is 217 g/mol. The molecule has 1 amide bonds. The number of aliphatic carboxylic acids is 1. The Hall–Kier alpha value is -1.95. The maximum absolute atomic E-state index is 12.7. The van der Waals surface area contributed by atoms with Crippen LogP contribution in [0.1, 0.15) is 10.4 Å². The minimum atomic E-state index is -1.67. The largest absolute Gasteiger partial charge is 0.479 e. The summed E-state index contributed by atoms with van der Waals surface area (Å²) in [7, 11) is 0. The lowest BCUT2D eigenvalue weighted by Gasteiger charge is -2.07. The molecule has 0 saturated heterocycles. The van der Waals surface area contributed by atoms with Crippen molar-refractivity contribution in [3.8, 4) is 0 Å². The minimum absolute atomic E-state index is 0.0672. The van der Waals surface area contributed by atoms with Crippen molar-refractivity contribution in [3.05, 3.63) is 35.6 Å². The summed E-state index contributed by atoms with van der Waals surface area (Å²) in [6, 6.07) is 4.94. The molecule has 0 aromatic heterocycles. The third-order valence-electron chi connectivity index (χ3n) is 1.83. The summed E-state index contributed by atoms with van der Waals surface area (Å²) in [6.45, 7) is -0.426. The lowest BCUT2D eigenvalue weighted by atomic mass is 10.2. The maximum Gasteiger partial charge on any atom is 0.334 e. The molecule has 0 heterocycles. The van der Waals surface area contributed by atoms with Crippen molar-refractivity contribution >= 4 is 11.9 Å². The zero-order chi connectivity index (χ0) is 12.1. The van der Waals surface area contributed by atoms with E-state index in [2.05, 4.69) is 5.32 Å². The van der Waals surface area contributed by atoms with Gasteiger partial charge in [-0.3, -0.25) is 4.79 Å². The van der Waals surface area contributed by atoms with Gasteiger partial charge in [-0.2, -0.15) is 0 Å². The van der Waals surface area contributed by atoms with Gasteiger partial charge in [0.05, 0.1) is 6.54 Å². The van der Waals surface area contributed by atoms with Crippen molar-refractivity contribution in [2.24, 2.45) is 0 Å². The molecule has 0 aliphatic rings. The molecule has 0 spiro atoms. The SMILES string of the molecule is O=C(NC[C@H](O)C(=O)O)c1cccc(F)c1. The van der Waals surface area contributed by atoms with Crippen molar-refractivity contribution in [2.75, 3.05) is 6.54 Å². The van der Waals surface area contributed by atoms with Crippen LogP contribution in [0, 0.1) is 5.82 Å². The predicted octanol–water partition coefficient (Wildman–Crippen LogP) is 0.001000. The molecular formula is C10H10FNO4. The van der Waals surface area contributed by atoms with Crippen LogP contribution in [-0.4, -0.2) is 34.7 Å². The van der Waals surface area contributed by atoms with Gasteiger partial charge < -0.3 is 15.5 Å². The molecule has 1 aromatic carbocycles. The number of benzene rings is 1. The second-order valence-electron chi connectivity index (χ2n) is 3.07. The molecule has 0 aliphatic heterocycles. The smallest absolute Gasteiger partial charge is 0.334 e. The lowest BCUT2D eigenvalue weighted by molar-refractivity contribution is -0.146. The second kappa shape index (κ2) is 5.22. The van der Waals surface area contributed by atoms with Crippen LogP contribution in [0.15, 0.2) is 24.3 Å². The summed E-state index contributed by atoms with van der Waals surface area (Å²) in [4.78, 5) is 21.6. The third kappa shape index (κ3) is 3.32. The van der Waals surface area contributed by atoms with Crippen LogP contribution in [0.4, 0.5) is 4.39 Å². The van der Waals surface area contributed by atoms with Crippen LogP contribution in [0.3, 0.4) is 0 Å². The summed E-state index contributed by atoms with van der Waals surface area (Å²) in [5, 5.41) is 19.4. The second-order valence-corrected chi connectivity index (χ2v) is 3.07. The van der Waals surface area contributed by atoms with E-state index in [1.807, 2.05) is 0 Å². The number of hydrogen-bond donors (Lipinski definition) is 3. The quantitative estimate of drug-likeness (QED) is 0.675. The number of carbonyl (C=O) groups excluding carboxylic acids is 1. The van der Waals surface area contributed by atoms with Crippen molar-refractivity contribution in [2.45, 2.75) is 6.10 Å². The van der Waals surface area contributed by atoms with Gasteiger partial charge in [0.25, 0.3) is 5.91 Å². The Kier molecular flexibility index (Phi) is 3.96. The number of halogens is 1. The Morgan fingerprint density at radius 2 is 2.12 bits per heavy atom. The van der Waals surface area contributed by atoms with Gasteiger partial charge in [0.15, 0.2) is 6.10 Å². The first-order chi connectivity index (χ1) is 7.50. The Morgan fingerprint density at radius 1 is 1.44 bits per heavy atom. The van der Waals surface area contributed by atoms with Crippen molar-refractivity contribution in [1.29, 1.82) is 0 Å². The van der Waals surface area contributed by atoms with E-state index < -0.39 is 30.3 Å². The average molecular weight is 227 g/mol. The van der Waals surface area contributed by atoms with E-state index in [0.717, 1.165) is 6.07 Å². The van der Waals surface area contributed by atoms with Crippen LogP contribution in [0.2, 0.25) is 0 Å². The lowest BCUT2D eigenvalue weighted by Crippen LogP contribution is -2.36. The number of carboxylic acid groups (broad SMARTS) is 1. The zero-order valence-corrected chi connectivity index (χ0v) is 8.18. The number of aliphatic hydroxyl groups excluding tert-OH is 1. The van der Waals surface area contributed by atoms with E-state index in [1.54, 1.807) is 0 Å². The van der Waals surface area contributed by atoms with Gasteiger partial charge in [-0.25, -0.2) is 9.18 Å². The summed E-state index contributed by atoms with van der Waals surface area (Å²) < 4.78 is 12.7. The molecule has 0 fully saturated rings. The third-order valence-corrected chi connectivity index (χ3v) is 1.83. The molecule has 0 aliphatic carbocycles. The number of carboxylic acids is 1. The van der Waals surface area contributed by atoms with Crippen LogP contribution in [-0.2, 0) is 4.79 Å². The van der Waals surface area contributed by atoms with Gasteiger partial charge in [0, 0.05) is 5.56 Å². The highest BCUT2D eigenvalue weighted by Gasteiger charge is 2.14. The topological polar surface area (TPSA) is 86.6 Å². The summed E-state index contributed by atoms with van der Waals surface area (Å²) in [5.41, 5.74) is 0.0672. The monoisotopic (exact) mass is 227 g/mol. The Balaban J connectivity index is 2.56. The molecule has 86 valence electrons. The van der Waals surface area contributed by atoms with Gasteiger partial charge in [-0.1, -0.05) is 6.07 Å². The zero-order valence-electron chi connectivity index (χ0n) is 8.18. The number of nitrogens with one attached hydrogen (secondary N) is 1. The molecule has 0 radical (unpaired) electrons. The molecule has 5 nitrogen and oxygen atoms in total. The highest BCUT2D eigenvalue weighted by Crippen LogP contribution is 2.02. The van der Waals surface area contributed by atoms with Crippen molar-refractivity contribution < 1.29 is 24.2 Å². The summed E-state index contributed by atoms with van der Waals surface area (Å²) in [6.07, 6.45) is -1.67. The van der Waals surface area contributed by atoms with E-state index in [0.29, 0.717) is 0 Å². The minimum Gasteiger partial charge on any atom is -0.479 e. The van der Waals surface area contributed by atoms with E-state index in [-0.39, 0.29) is 5.56 Å². The van der Waals surface area contributed by atoms with Crippen LogP contribution < -0.4 is 5.32 Å². The standard InChI is InChI=1S/C10H10FNO4/c11-7-3-1-2-6(4-7)9(14)12-5-8(13)10(15)16/h1-4,8,13H,5H2,(H,12,14)(H,15,16)/t8-/m0/s1. The summed E-state index contributed by atoms with van der Waals surface area (Å²) >= 11 is 0. The normalized spacial score (nSPS) is 11.9. The fourth-order valence-corrected chi connectivity index (χ4v) is 1.01. The molecule has 0 unspecified atom stereocenters. The van der Waals surface area contributed by atoms with E-state index in [1.165, 1.54) is 18.2 Å². The molecule has 16 heavy (non-hydrogen) atoms. The molecule has 6 heteroatoms. The fourth-order valence-electron chi connectivity index (χ4n) is 1.01. The van der Waals surface area contributed by atoms with Crippen molar-refractivity contribution in [3.63, 3.8) is 0 Å². The van der Waals surface area contributed by atoms with Gasteiger partial charge >= 0.3 is 5.97 Å². The molecule has 0 saturated carbocycles. The average Bonchev–Trinajstić information content (AvgIpc) is 2.25. The maximum atomic E-state index is 12.7. The summed E-state index contributed by atoms with van der Waals surface area (Å²) in [5.74, 6) is -2.63. The van der Waals surface area contributed by atoms with Gasteiger partial charge in [-0.15, -0.1) is 0 Å². The van der Waals surface area contributed by atoms with Crippen molar-refractivity contribution in [1.82, 2.24) is 5.32 Å².